The summed E-state index contributed by atoms with van der Waals surface area (Å²) < 4.78 is 36.5. The van der Waals surface area contributed by atoms with E-state index in [-0.39, 0.29) is 24.6 Å². The van der Waals surface area contributed by atoms with E-state index >= 15 is 0 Å². The Bertz CT molecular complexity index is 343. The van der Waals surface area contributed by atoms with Crippen molar-refractivity contribution < 1.29 is 18.0 Å². The highest BCUT2D eigenvalue weighted by Gasteiger charge is 2.29. The van der Waals surface area contributed by atoms with E-state index in [1.165, 1.54) is 12.1 Å². The normalized spacial score (nSPS) is 10.8. The molecular formula is C11H12ClF3O. The van der Waals surface area contributed by atoms with Crippen LogP contribution in [0, 0.1) is 0 Å². The standard InChI is InChI=1S/C11H11F3O.ClH/c1-2-10(15)7-8-3-5-9(6-4-8)11(12,13)14;/h3-6H,2,7H2,1H3;1H. The van der Waals surface area contributed by atoms with E-state index in [1.807, 2.05) is 0 Å². The Morgan fingerprint density at radius 2 is 1.69 bits per heavy atom. The highest BCUT2D eigenvalue weighted by molar-refractivity contribution is 5.85. The number of carbonyl (C=O) groups is 1. The summed E-state index contributed by atoms with van der Waals surface area (Å²) in [5.74, 6) is 0.0229. The SMILES string of the molecule is CCC(=O)Cc1ccc(C(F)(F)F)cc1.Cl. The van der Waals surface area contributed by atoms with E-state index in [0.29, 0.717) is 12.0 Å². The van der Waals surface area contributed by atoms with Crippen molar-refractivity contribution in [1.29, 1.82) is 0 Å². The Morgan fingerprint density at radius 3 is 2.06 bits per heavy atom. The lowest BCUT2D eigenvalue weighted by molar-refractivity contribution is -0.137. The zero-order chi connectivity index (χ0) is 11.5. The van der Waals surface area contributed by atoms with Gasteiger partial charge in [-0.05, 0) is 17.7 Å². The van der Waals surface area contributed by atoms with E-state index in [2.05, 4.69) is 0 Å². The van der Waals surface area contributed by atoms with Crippen LogP contribution < -0.4 is 0 Å². The van der Waals surface area contributed by atoms with Crippen LogP contribution in [0.3, 0.4) is 0 Å². The molecule has 1 aromatic rings. The second-order valence-electron chi connectivity index (χ2n) is 3.26. The molecule has 5 heteroatoms. The van der Waals surface area contributed by atoms with Crippen molar-refractivity contribution >= 4 is 18.2 Å². The lowest BCUT2D eigenvalue weighted by atomic mass is 10.1. The lowest BCUT2D eigenvalue weighted by Crippen LogP contribution is -2.05. The molecule has 0 heterocycles. The number of carbonyl (C=O) groups excluding carboxylic acids is 1. The Labute approximate surface area is 98.1 Å². The zero-order valence-corrected chi connectivity index (χ0v) is 9.49. The summed E-state index contributed by atoms with van der Waals surface area (Å²) in [5.41, 5.74) is -0.0648. The summed E-state index contributed by atoms with van der Waals surface area (Å²) in [4.78, 5) is 11.0. The number of rotatable bonds is 3. The molecule has 0 radical (unpaired) electrons. The monoisotopic (exact) mass is 252 g/mol. The van der Waals surface area contributed by atoms with Crippen LogP contribution >= 0.6 is 12.4 Å². The molecule has 16 heavy (non-hydrogen) atoms. The van der Waals surface area contributed by atoms with Gasteiger partial charge in [0.25, 0.3) is 0 Å². The van der Waals surface area contributed by atoms with Crippen LogP contribution in [0.4, 0.5) is 13.2 Å². The summed E-state index contributed by atoms with van der Waals surface area (Å²) >= 11 is 0. The van der Waals surface area contributed by atoms with Crippen molar-refractivity contribution in [3.8, 4) is 0 Å². The Balaban J connectivity index is 0.00000225. The number of Topliss-reactive ketones (excluding diaryl/α,β-unsaturated/α-hetero) is 1. The first-order chi connectivity index (χ1) is 6.93. The molecule has 0 aliphatic heterocycles. The van der Waals surface area contributed by atoms with Gasteiger partial charge in [-0.2, -0.15) is 13.2 Å². The van der Waals surface area contributed by atoms with Gasteiger partial charge in [0.1, 0.15) is 5.78 Å². The largest absolute Gasteiger partial charge is 0.416 e. The highest BCUT2D eigenvalue weighted by atomic mass is 35.5. The van der Waals surface area contributed by atoms with E-state index < -0.39 is 11.7 Å². The summed E-state index contributed by atoms with van der Waals surface area (Å²) in [6.45, 7) is 1.73. The summed E-state index contributed by atoms with van der Waals surface area (Å²) in [6.07, 6.45) is -3.71. The van der Waals surface area contributed by atoms with Crippen LogP contribution in [0.15, 0.2) is 24.3 Å². The first-order valence-electron chi connectivity index (χ1n) is 4.61. The lowest BCUT2D eigenvalue weighted by Gasteiger charge is -2.06. The molecule has 0 amide bonds. The van der Waals surface area contributed by atoms with Gasteiger partial charge >= 0.3 is 6.18 Å². The van der Waals surface area contributed by atoms with Gasteiger partial charge in [-0.3, -0.25) is 4.79 Å². The predicted octanol–water partition coefficient (Wildman–Crippen LogP) is 3.65. The number of ketones is 1. The molecule has 1 nitrogen and oxygen atoms in total. The molecule has 0 aliphatic carbocycles. The number of halogens is 4. The Morgan fingerprint density at radius 1 is 1.19 bits per heavy atom. The minimum Gasteiger partial charge on any atom is -0.299 e. The van der Waals surface area contributed by atoms with E-state index in [0.717, 1.165) is 12.1 Å². The van der Waals surface area contributed by atoms with Gasteiger partial charge in [-0.1, -0.05) is 19.1 Å². The van der Waals surface area contributed by atoms with Crippen molar-refractivity contribution in [2.75, 3.05) is 0 Å². The van der Waals surface area contributed by atoms with Crippen molar-refractivity contribution in [3.05, 3.63) is 35.4 Å². The van der Waals surface area contributed by atoms with Gasteiger partial charge in [-0.25, -0.2) is 0 Å². The highest BCUT2D eigenvalue weighted by Crippen LogP contribution is 2.29. The number of benzene rings is 1. The van der Waals surface area contributed by atoms with Crippen molar-refractivity contribution in [2.24, 2.45) is 0 Å². The van der Waals surface area contributed by atoms with Gasteiger partial charge in [0, 0.05) is 12.8 Å². The molecule has 0 aliphatic rings. The summed E-state index contributed by atoms with van der Waals surface area (Å²) in [7, 11) is 0. The molecule has 1 aromatic carbocycles. The predicted molar refractivity (Wildman–Crippen MR) is 57.7 cm³/mol. The molecule has 0 unspecified atom stereocenters. The van der Waals surface area contributed by atoms with Crippen molar-refractivity contribution in [1.82, 2.24) is 0 Å². The van der Waals surface area contributed by atoms with Crippen LogP contribution in [-0.2, 0) is 17.4 Å². The fourth-order valence-electron chi connectivity index (χ4n) is 1.16. The number of hydrogen-bond acceptors (Lipinski definition) is 1. The average Bonchev–Trinajstić information content (AvgIpc) is 2.17. The van der Waals surface area contributed by atoms with Crippen LogP contribution in [0.1, 0.15) is 24.5 Å². The molecule has 0 aromatic heterocycles. The smallest absolute Gasteiger partial charge is 0.299 e. The van der Waals surface area contributed by atoms with Gasteiger partial charge in [0.2, 0.25) is 0 Å². The Hall–Kier alpha value is -1.03. The summed E-state index contributed by atoms with van der Waals surface area (Å²) in [6, 6.07) is 4.68. The maximum Gasteiger partial charge on any atom is 0.416 e. The fourth-order valence-corrected chi connectivity index (χ4v) is 1.16. The quantitative estimate of drug-likeness (QED) is 0.803. The molecule has 0 N–H and O–H groups in total. The molecule has 0 spiro atoms. The van der Waals surface area contributed by atoms with Gasteiger partial charge in [0.05, 0.1) is 5.56 Å². The van der Waals surface area contributed by atoms with E-state index in [9.17, 15) is 18.0 Å². The fraction of sp³-hybridized carbons (Fsp3) is 0.364. The first-order valence-corrected chi connectivity index (χ1v) is 4.61. The first kappa shape index (κ1) is 15.0. The van der Waals surface area contributed by atoms with Gasteiger partial charge < -0.3 is 0 Å². The third kappa shape index (κ3) is 4.23. The summed E-state index contributed by atoms with van der Waals surface area (Å²) in [5, 5.41) is 0. The zero-order valence-electron chi connectivity index (χ0n) is 8.67. The topological polar surface area (TPSA) is 17.1 Å². The molecule has 0 fully saturated rings. The second-order valence-corrected chi connectivity index (χ2v) is 3.26. The van der Waals surface area contributed by atoms with Crippen LogP contribution in [0.25, 0.3) is 0 Å². The van der Waals surface area contributed by atoms with Gasteiger partial charge in [-0.15, -0.1) is 12.4 Å². The molecule has 1 rings (SSSR count). The third-order valence-corrected chi connectivity index (χ3v) is 2.08. The molecule has 0 saturated carbocycles. The molecular weight excluding hydrogens is 241 g/mol. The maximum atomic E-state index is 12.2. The van der Waals surface area contributed by atoms with Gasteiger partial charge in [0.15, 0.2) is 0 Å². The molecule has 0 saturated heterocycles. The van der Waals surface area contributed by atoms with E-state index in [1.54, 1.807) is 6.92 Å². The number of hydrogen-bond donors (Lipinski definition) is 0. The third-order valence-electron chi connectivity index (χ3n) is 2.08. The maximum absolute atomic E-state index is 12.2. The molecule has 90 valence electrons. The molecule has 0 atom stereocenters. The minimum atomic E-state index is -4.31. The average molecular weight is 253 g/mol. The second kappa shape index (κ2) is 5.89. The number of alkyl halides is 3. The van der Waals surface area contributed by atoms with Crippen molar-refractivity contribution in [2.45, 2.75) is 25.9 Å². The minimum absolute atomic E-state index is 0. The Kier molecular flexibility index (Phi) is 5.51. The van der Waals surface area contributed by atoms with E-state index in [4.69, 9.17) is 0 Å². The van der Waals surface area contributed by atoms with Crippen LogP contribution in [0.2, 0.25) is 0 Å². The van der Waals surface area contributed by atoms with Crippen molar-refractivity contribution in [3.63, 3.8) is 0 Å². The van der Waals surface area contributed by atoms with Crippen LogP contribution in [-0.4, -0.2) is 5.78 Å². The molecule has 0 bridgehead atoms. The van der Waals surface area contributed by atoms with Crippen LogP contribution in [0.5, 0.6) is 0 Å².